The van der Waals surface area contributed by atoms with Gasteiger partial charge in [-0.3, -0.25) is 20.4 Å². The van der Waals surface area contributed by atoms with E-state index in [-0.39, 0.29) is 18.9 Å². The van der Waals surface area contributed by atoms with Crippen LogP contribution < -0.4 is 15.6 Å². The Morgan fingerprint density at radius 1 is 1.14 bits per heavy atom. The number of hydrazine groups is 1. The van der Waals surface area contributed by atoms with Crippen molar-refractivity contribution in [1.29, 1.82) is 0 Å². The molecule has 2 N–H and O–H groups in total. The van der Waals surface area contributed by atoms with Crippen LogP contribution in [0.5, 0.6) is 5.75 Å². The van der Waals surface area contributed by atoms with Gasteiger partial charge in [0.2, 0.25) is 5.91 Å². The molecule has 1 aromatic carbocycles. The van der Waals surface area contributed by atoms with Crippen molar-refractivity contribution in [1.82, 2.24) is 10.9 Å². The lowest BCUT2D eigenvalue weighted by Gasteiger charge is -2.11. The molecule has 0 spiro atoms. The number of hydrogen-bond donors (Lipinski definition) is 2. The Balaban J connectivity index is 2.33. The van der Waals surface area contributed by atoms with Gasteiger partial charge in [0.25, 0.3) is 5.91 Å². The Bertz CT molecular complexity index is 511. The van der Waals surface area contributed by atoms with Gasteiger partial charge in [0.1, 0.15) is 5.75 Å². The number of rotatable bonds is 7. The minimum absolute atomic E-state index is 0.185. The van der Waals surface area contributed by atoms with E-state index in [9.17, 15) is 9.59 Å². The van der Waals surface area contributed by atoms with Crippen LogP contribution >= 0.6 is 11.6 Å². The zero-order valence-corrected chi connectivity index (χ0v) is 13.8. The van der Waals surface area contributed by atoms with Gasteiger partial charge in [-0.05, 0) is 44.0 Å². The summed E-state index contributed by atoms with van der Waals surface area (Å²) < 4.78 is 10.4. The standard InChI is InChI=1S/C15H21ClN2O4/c1-4-21-6-5-13(19)17-18-14(20)9-22-12-7-10(2)15(16)11(3)8-12/h7-8H,4-6,9H2,1-3H3,(H,17,19)(H,18,20). The molecule has 22 heavy (non-hydrogen) atoms. The van der Waals surface area contributed by atoms with Crippen LogP contribution in [-0.2, 0) is 14.3 Å². The van der Waals surface area contributed by atoms with Crippen molar-refractivity contribution >= 4 is 23.4 Å². The zero-order chi connectivity index (χ0) is 16.5. The molecule has 0 fully saturated rings. The van der Waals surface area contributed by atoms with Crippen LogP contribution in [-0.4, -0.2) is 31.6 Å². The molecule has 1 rings (SSSR count). The Hall–Kier alpha value is -1.79. The molecule has 0 unspecified atom stereocenters. The van der Waals surface area contributed by atoms with Crippen molar-refractivity contribution < 1.29 is 19.1 Å². The number of carbonyl (C=O) groups is 2. The van der Waals surface area contributed by atoms with Crippen LogP contribution in [0, 0.1) is 13.8 Å². The van der Waals surface area contributed by atoms with Gasteiger partial charge < -0.3 is 9.47 Å². The molecule has 0 aromatic heterocycles. The van der Waals surface area contributed by atoms with E-state index < -0.39 is 5.91 Å². The molecule has 0 atom stereocenters. The van der Waals surface area contributed by atoms with Gasteiger partial charge in [-0.15, -0.1) is 0 Å². The molecule has 0 saturated heterocycles. The number of carbonyl (C=O) groups excluding carboxylic acids is 2. The van der Waals surface area contributed by atoms with E-state index in [2.05, 4.69) is 10.9 Å². The Kier molecular flexibility index (Phi) is 7.70. The lowest BCUT2D eigenvalue weighted by atomic mass is 10.1. The number of nitrogens with one attached hydrogen (secondary N) is 2. The van der Waals surface area contributed by atoms with E-state index in [1.807, 2.05) is 20.8 Å². The highest BCUT2D eigenvalue weighted by atomic mass is 35.5. The largest absolute Gasteiger partial charge is 0.484 e. The second kappa shape index (κ2) is 9.27. The Morgan fingerprint density at radius 2 is 1.73 bits per heavy atom. The summed E-state index contributed by atoms with van der Waals surface area (Å²) in [5, 5.41) is 0.679. The third-order valence-electron chi connectivity index (χ3n) is 2.80. The molecular weight excluding hydrogens is 308 g/mol. The molecule has 122 valence electrons. The summed E-state index contributed by atoms with van der Waals surface area (Å²) >= 11 is 6.06. The predicted octanol–water partition coefficient (Wildman–Crippen LogP) is 1.91. The number of halogens is 1. The smallest absolute Gasteiger partial charge is 0.276 e. The van der Waals surface area contributed by atoms with Crippen LogP contribution in [0.15, 0.2) is 12.1 Å². The summed E-state index contributed by atoms with van der Waals surface area (Å²) in [5.41, 5.74) is 6.32. The van der Waals surface area contributed by atoms with Crippen LogP contribution in [0.2, 0.25) is 5.02 Å². The maximum Gasteiger partial charge on any atom is 0.276 e. The van der Waals surface area contributed by atoms with E-state index in [0.29, 0.717) is 24.0 Å². The quantitative estimate of drug-likeness (QED) is 0.592. The number of amides is 2. The Labute approximate surface area is 135 Å². The highest BCUT2D eigenvalue weighted by Gasteiger charge is 2.07. The van der Waals surface area contributed by atoms with Gasteiger partial charge >= 0.3 is 0 Å². The van der Waals surface area contributed by atoms with Gasteiger partial charge in [-0.2, -0.15) is 0 Å². The molecule has 0 aliphatic rings. The average molecular weight is 329 g/mol. The molecule has 6 nitrogen and oxygen atoms in total. The van der Waals surface area contributed by atoms with Crippen LogP contribution in [0.1, 0.15) is 24.5 Å². The fourth-order valence-electron chi connectivity index (χ4n) is 1.69. The monoisotopic (exact) mass is 328 g/mol. The molecule has 2 amide bonds. The minimum atomic E-state index is -0.449. The van der Waals surface area contributed by atoms with Gasteiger partial charge in [0, 0.05) is 11.6 Å². The SMILES string of the molecule is CCOCCC(=O)NNC(=O)COc1cc(C)c(Cl)c(C)c1. The molecular formula is C15H21ClN2O4. The van der Waals surface area contributed by atoms with E-state index in [0.717, 1.165) is 11.1 Å². The second-order valence-corrected chi connectivity index (χ2v) is 5.08. The number of aryl methyl sites for hydroxylation is 2. The average Bonchev–Trinajstić information content (AvgIpc) is 2.48. The van der Waals surface area contributed by atoms with Gasteiger partial charge in [0.05, 0.1) is 13.0 Å². The van der Waals surface area contributed by atoms with Crippen LogP contribution in [0.3, 0.4) is 0 Å². The normalized spacial score (nSPS) is 10.2. The minimum Gasteiger partial charge on any atom is -0.484 e. The summed E-state index contributed by atoms with van der Waals surface area (Å²) in [6, 6.07) is 3.51. The molecule has 7 heteroatoms. The molecule has 0 bridgehead atoms. The number of hydrogen-bond acceptors (Lipinski definition) is 4. The fourth-order valence-corrected chi connectivity index (χ4v) is 1.79. The second-order valence-electron chi connectivity index (χ2n) is 4.70. The summed E-state index contributed by atoms with van der Waals surface area (Å²) in [4.78, 5) is 22.9. The van der Waals surface area contributed by atoms with Crippen molar-refractivity contribution in [2.75, 3.05) is 19.8 Å². The molecule has 0 saturated carbocycles. The third-order valence-corrected chi connectivity index (χ3v) is 3.39. The van der Waals surface area contributed by atoms with E-state index in [4.69, 9.17) is 21.1 Å². The zero-order valence-electron chi connectivity index (χ0n) is 13.0. The van der Waals surface area contributed by atoms with E-state index >= 15 is 0 Å². The van der Waals surface area contributed by atoms with E-state index in [1.54, 1.807) is 12.1 Å². The van der Waals surface area contributed by atoms with Gasteiger partial charge in [-0.1, -0.05) is 11.6 Å². The van der Waals surface area contributed by atoms with Crippen LogP contribution in [0.25, 0.3) is 0 Å². The molecule has 0 heterocycles. The van der Waals surface area contributed by atoms with Crippen molar-refractivity contribution in [3.8, 4) is 5.75 Å². The summed E-state index contributed by atoms with van der Waals surface area (Å²) in [5.74, 6) is -0.216. The highest BCUT2D eigenvalue weighted by Crippen LogP contribution is 2.25. The summed E-state index contributed by atoms with van der Waals surface area (Å²) in [6.45, 7) is 6.23. The highest BCUT2D eigenvalue weighted by molar-refractivity contribution is 6.32. The number of benzene rings is 1. The molecule has 0 aliphatic carbocycles. The van der Waals surface area contributed by atoms with Crippen molar-refractivity contribution in [3.05, 3.63) is 28.3 Å². The maximum absolute atomic E-state index is 11.6. The van der Waals surface area contributed by atoms with Gasteiger partial charge in [-0.25, -0.2) is 0 Å². The lowest BCUT2D eigenvalue weighted by Crippen LogP contribution is -2.44. The fraction of sp³-hybridized carbons (Fsp3) is 0.467. The Morgan fingerprint density at radius 3 is 2.32 bits per heavy atom. The first-order valence-electron chi connectivity index (χ1n) is 6.99. The van der Waals surface area contributed by atoms with Crippen molar-refractivity contribution in [2.45, 2.75) is 27.2 Å². The van der Waals surface area contributed by atoms with Crippen LogP contribution in [0.4, 0.5) is 0 Å². The third kappa shape index (κ3) is 6.32. The topological polar surface area (TPSA) is 76.7 Å². The molecule has 0 aliphatic heterocycles. The van der Waals surface area contributed by atoms with Gasteiger partial charge in [0.15, 0.2) is 6.61 Å². The number of ether oxygens (including phenoxy) is 2. The summed E-state index contributed by atoms with van der Waals surface area (Å²) in [7, 11) is 0. The van der Waals surface area contributed by atoms with E-state index in [1.165, 1.54) is 0 Å². The maximum atomic E-state index is 11.6. The predicted molar refractivity (Wildman–Crippen MR) is 83.8 cm³/mol. The first kappa shape index (κ1) is 18.3. The first-order chi connectivity index (χ1) is 10.4. The molecule has 1 aromatic rings. The summed E-state index contributed by atoms with van der Waals surface area (Å²) in [6.07, 6.45) is 0.185. The first-order valence-corrected chi connectivity index (χ1v) is 7.36. The molecule has 0 radical (unpaired) electrons. The lowest BCUT2D eigenvalue weighted by molar-refractivity contribution is -0.130. The van der Waals surface area contributed by atoms with Crippen molar-refractivity contribution in [2.24, 2.45) is 0 Å². The van der Waals surface area contributed by atoms with Crippen molar-refractivity contribution in [3.63, 3.8) is 0 Å².